The second kappa shape index (κ2) is 8.49. The first-order valence-electron chi connectivity index (χ1n) is 7.51. The van der Waals surface area contributed by atoms with Crippen molar-refractivity contribution < 1.29 is 36.7 Å². The third-order valence-electron chi connectivity index (χ3n) is 3.71. The number of primary sulfonamides is 1. The number of rotatable bonds is 9. The van der Waals surface area contributed by atoms with Crippen LogP contribution < -0.4 is 10.5 Å². The summed E-state index contributed by atoms with van der Waals surface area (Å²) in [4.78, 5) is 28.0. The summed E-state index contributed by atoms with van der Waals surface area (Å²) in [7, 11) is -8.55. The monoisotopic (exact) mass is 475 g/mol. The van der Waals surface area contributed by atoms with Gasteiger partial charge in [-0.2, -0.15) is 4.31 Å². The van der Waals surface area contributed by atoms with Gasteiger partial charge in [0.05, 0.1) is 17.4 Å². The lowest BCUT2D eigenvalue weighted by molar-refractivity contribution is -0.790. The highest BCUT2D eigenvalue weighted by molar-refractivity contribution is 7.90. The number of sulfonamides is 2. The summed E-state index contributed by atoms with van der Waals surface area (Å²) < 4.78 is 49.6. The molecule has 0 unspecified atom stereocenters. The standard InChI is InChI=1S/C11H14ClN5O10S2/c12-8-3-9-11(4-10(8)28(13,22)23)29(24,25)15(6-14-9)2-1-7(27-17(20)21)5-26-16(18)19/h3-4,7,14H,1-2,5-6H2,(H2,13,22,23)/t7-/m1/s1. The van der Waals surface area contributed by atoms with Crippen LogP contribution in [0.1, 0.15) is 6.42 Å². The van der Waals surface area contributed by atoms with Crippen molar-refractivity contribution >= 4 is 37.3 Å². The lowest BCUT2D eigenvalue weighted by Gasteiger charge is -2.30. The Balaban J connectivity index is 2.25. The number of nitrogens with zero attached hydrogens (tertiary/aromatic N) is 3. The fourth-order valence-electron chi connectivity index (χ4n) is 2.42. The Morgan fingerprint density at radius 3 is 2.52 bits per heavy atom. The summed E-state index contributed by atoms with van der Waals surface area (Å²) in [6, 6.07) is 1.89. The molecule has 0 aliphatic carbocycles. The van der Waals surface area contributed by atoms with E-state index in [4.69, 9.17) is 16.7 Å². The van der Waals surface area contributed by atoms with Crippen LogP contribution in [0, 0.1) is 20.2 Å². The van der Waals surface area contributed by atoms with Crippen LogP contribution in [-0.2, 0) is 29.7 Å². The number of hydrogen-bond donors (Lipinski definition) is 2. The molecular formula is C11H14ClN5O10S2. The number of anilines is 1. The molecule has 15 nitrogen and oxygen atoms in total. The molecule has 29 heavy (non-hydrogen) atoms. The van der Waals surface area contributed by atoms with Crippen LogP contribution in [0.3, 0.4) is 0 Å². The summed E-state index contributed by atoms with van der Waals surface area (Å²) in [5, 5.41) is 25.8. The molecule has 0 spiro atoms. The molecule has 2 rings (SSSR count). The topological polar surface area (TPSA) is 214 Å². The molecule has 0 aromatic heterocycles. The van der Waals surface area contributed by atoms with Crippen LogP contribution in [0.4, 0.5) is 5.69 Å². The number of hydrogen-bond acceptors (Lipinski definition) is 11. The van der Waals surface area contributed by atoms with E-state index in [2.05, 4.69) is 15.0 Å². The van der Waals surface area contributed by atoms with Gasteiger partial charge < -0.3 is 15.0 Å². The maximum Gasteiger partial charge on any atom is 0.294 e. The normalized spacial score (nSPS) is 16.9. The minimum atomic E-state index is -4.31. The van der Waals surface area contributed by atoms with Crippen LogP contribution in [0.25, 0.3) is 0 Å². The molecule has 0 saturated heterocycles. The number of benzene rings is 1. The summed E-state index contributed by atoms with van der Waals surface area (Å²) in [5.74, 6) is 0. The first kappa shape index (κ1) is 22.8. The Labute approximate surface area is 168 Å². The van der Waals surface area contributed by atoms with Gasteiger partial charge in [-0.05, 0) is 18.6 Å². The first-order valence-corrected chi connectivity index (χ1v) is 10.9. The third-order valence-corrected chi connectivity index (χ3v) is 6.97. The highest BCUT2D eigenvalue weighted by Gasteiger charge is 2.34. The van der Waals surface area contributed by atoms with Crippen molar-refractivity contribution in [3.05, 3.63) is 37.4 Å². The summed E-state index contributed by atoms with van der Waals surface area (Å²) >= 11 is 5.83. The van der Waals surface area contributed by atoms with E-state index in [0.29, 0.717) is 0 Å². The predicted octanol–water partition coefficient (Wildman–Crippen LogP) is -0.464. The van der Waals surface area contributed by atoms with Gasteiger partial charge >= 0.3 is 0 Å². The molecule has 1 atom stereocenters. The molecule has 162 valence electrons. The van der Waals surface area contributed by atoms with Crippen LogP contribution >= 0.6 is 11.6 Å². The van der Waals surface area contributed by atoms with E-state index in [9.17, 15) is 37.1 Å². The van der Waals surface area contributed by atoms with E-state index in [1.165, 1.54) is 0 Å². The van der Waals surface area contributed by atoms with Crippen molar-refractivity contribution in [2.24, 2.45) is 5.14 Å². The van der Waals surface area contributed by atoms with Gasteiger partial charge in [0, 0.05) is 6.54 Å². The highest BCUT2D eigenvalue weighted by Crippen LogP contribution is 2.35. The van der Waals surface area contributed by atoms with Crippen molar-refractivity contribution in [1.82, 2.24) is 4.31 Å². The Kier molecular flexibility index (Phi) is 6.68. The average Bonchev–Trinajstić information content (AvgIpc) is 2.56. The lowest BCUT2D eigenvalue weighted by Crippen LogP contribution is -2.42. The fraction of sp³-hybridized carbons (Fsp3) is 0.455. The van der Waals surface area contributed by atoms with Crippen LogP contribution in [0.5, 0.6) is 0 Å². The van der Waals surface area contributed by atoms with Gasteiger partial charge in [0.1, 0.15) is 22.5 Å². The van der Waals surface area contributed by atoms with E-state index in [-0.39, 0.29) is 30.3 Å². The van der Waals surface area contributed by atoms with Gasteiger partial charge in [-0.3, -0.25) is 0 Å². The second-order valence-corrected chi connectivity index (χ2v) is 9.44. The molecule has 18 heteroatoms. The molecule has 1 aromatic rings. The maximum absolute atomic E-state index is 12.8. The van der Waals surface area contributed by atoms with Crippen molar-refractivity contribution in [2.75, 3.05) is 25.1 Å². The smallest absolute Gasteiger partial charge is 0.294 e. The van der Waals surface area contributed by atoms with Crippen LogP contribution in [-0.4, -0.2) is 57.2 Å². The Morgan fingerprint density at radius 1 is 1.31 bits per heavy atom. The quantitative estimate of drug-likeness (QED) is 0.344. The summed E-state index contributed by atoms with van der Waals surface area (Å²) in [6.07, 6.45) is -1.75. The molecule has 3 N–H and O–H groups in total. The molecular weight excluding hydrogens is 462 g/mol. The predicted molar refractivity (Wildman–Crippen MR) is 94.6 cm³/mol. The minimum absolute atomic E-state index is 0.0356. The minimum Gasteiger partial charge on any atom is -0.370 e. The van der Waals surface area contributed by atoms with Crippen molar-refractivity contribution in [2.45, 2.75) is 22.3 Å². The summed E-state index contributed by atoms with van der Waals surface area (Å²) in [5.41, 5.74) is 0.0356. The largest absolute Gasteiger partial charge is 0.370 e. The van der Waals surface area contributed by atoms with E-state index in [1.807, 2.05) is 0 Å². The zero-order valence-electron chi connectivity index (χ0n) is 14.3. The molecule has 1 aromatic carbocycles. The molecule has 0 radical (unpaired) electrons. The number of nitrogens with one attached hydrogen (secondary N) is 1. The van der Waals surface area contributed by atoms with Crippen molar-refractivity contribution in [3.63, 3.8) is 0 Å². The number of halogens is 1. The first-order chi connectivity index (χ1) is 13.3. The maximum atomic E-state index is 12.8. The molecule has 0 fully saturated rings. The second-order valence-electron chi connectivity index (χ2n) is 5.60. The van der Waals surface area contributed by atoms with Gasteiger partial charge in [-0.15, -0.1) is 20.2 Å². The Morgan fingerprint density at radius 2 is 1.97 bits per heavy atom. The molecule has 0 saturated carbocycles. The van der Waals surface area contributed by atoms with E-state index >= 15 is 0 Å². The molecule has 0 amide bonds. The zero-order chi connectivity index (χ0) is 22.0. The van der Waals surface area contributed by atoms with Gasteiger partial charge in [0.2, 0.25) is 20.0 Å². The van der Waals surface area contributed by atoms with E-state index in [1.54, 1.807) is 0 Å². The lowest BCUT2D eigenvalue weighted by atomic mass is 10.2. The Hall–Kier alpha value is -2.47. The van der Waals surface area contributed by atoms with Crippen molar-refractivity contribution in [3.8, 4) is 0 Å². The molecule has 1 heterocycles. The number of fused-ring (bicyclic) bond motifs is 1. The number of nitrogens with two attached hydrogens (primary N) is 1. The fourth-order valence-corrected chi connectivity index (χ4v) is 5.13. The van der Waals surface area contributed by atoms with E-state index in [0.717, 1.165) is 16.4 Å². The molecule has 1 aliphatic rings. The third kappa shape index (κ3) is 5.54. The highest BCUT2D eigenvalue weighted by atomic mass is 35.5. The SMILES string of the molecule is NS(=O)(=O)c1cc2c(cc1Cl)NCN(CC[C@H](CO[N+](=O)[O-])O[N+](=O)[O-])S2(=O)=O. The van der Waals surface area contributed by atoms with Gasteiger partial charge in [-0.1, -0.05) is 11.6 Å². The van der Waals surface area contributed by atoms with Gasteiger partial charge in [0.25, 0.3) is 10.2 Å². The molecule has 0 bridgehead atoms. The average molecular weight is 476 g/mol. The summed E-state index contributed by atoms with van der Waals surface area (Å²) in [6.45, 7) is -1.43. The zero-order valence-corrected chi connectivity index (χ0v) is 16.6. The van der Waals surface area contributed by atoms with Gasteiger partial charge in [0.15, 0.2) is 0 Å². The molecule has 1 aliphatic heterocycles. The van der Waals surface area contributed by atoms with Crippen LogP contribution in [0.15, 0.2) is 21.9 Å². The van der Waals surface area contributed by atoms with Crippen molar-refractivity contribution in [1.29, 1.82) is 0 Å². The Bertz CT molecular complexity index is 1030. The van der Waals surface area contributed by atoms with Crippen LogP contribution in [0.2, 0.25) is 5.02 Å². The van der Waals surface area contributed by atoms with E-state index < -0.39 is 52.7 Å². The van der Waals surface area contributed by atoms with Gasteiger partial charge in [-0.25, -0.2) is 22.0 Å².